The van der Waals surface area contributed by atoms with Gasteiger partial charge in [0.1, 0.15) is 0 Å². The van der Waals surface area contributed by atoms with E-state index in [1.807, 2.05) is 0 Å². The van der Waals surface area contributed by atoms with Gasteiger partial charge in [0.05, 0.1) is 10.7 Å². The third kappa shape index (κ3) is 2.69. The predicted molar refractivity (Wildman–Crippen MR) is 49.9 cm³/mol. The summed E-state index contributed by atoms with van der Waals surface area (Å²) >= 11 is 1.38. The lowest BCUT2D eigenvalue weighted by molar-refractivity contribution is -0.203. The second-order valence-corrected chi connectivity index (χ2v) is 4.60. The Morgan fingerprint density at radius 1 is 1.53 bits per heavy atom. The molecule has 2 rings (SSSR count). The summed E-state index contributed by atoms with van der Waals surface area (Å²) in [6.45, 7) is 0. The first kappa shape index (κ1) is 10.9. The average Bonchev–Trinajstić information content (AvgIpc) is 2.87. The second kappa shape index (κ2) is 3.75. The first-order valence-electron chi connectivity index (χ1n) is 4.66. The molecule has 1 N–H and O–H groups in total. The van der Waals surface area contributed by atoms with Crippen LogP contribution in [0.4, 0.5) is 13.2 Å². The van der Waals surface area contributed by atoms with Crippen molar-refractivity contribution in [3.8, 4) is 0 Å². The van der Waals surface area contributed by atoms with Crippen LogP contribution in [-0.4, -0.2) is 22.4 Å². The van der Waals surface area contributed by atoms with E-state index in [0.29, 0.717) is 11.6 Å². The van der Waals surface area contributed by atoms with E-state index in [9.17, 15) is 13.2 Å². The van der Waals surface area contributed by atoms with Gasteiger partial charge in [-0.1, -0.05) is 0 Å². The summed E-state index contributed by atoms with van der Waals surface area (Å²) in [5.74, 6) is 0.451. The maximum absolute atomic E-state index is 12.0. The quantitative estimate of drug-likeness (QED) is 0.876. The molecule has 1 heterocycles. The minimum absolute atomic E-state index is 0.340. The van der Waals surface area contributed by atoms with E-state index in [4.69, 9.17) is 5.11 Å². The summed E-state index contributed by atoms with van der Waals surface area (Å²) in [6, 6.07) is 0. The van der Waals surface area contributed by atoms with Crippen molar-refractivity contribution < 1.29 is 18.3 Å². The van der Waals surface area contributed by atoms with Gasteiger partial charge in [0.15, 0.2) is 6.10 Å². The average molecular weight is 237 g/mol. The Morgan fingerprint density at radius 3 is 2.73 bits per heavy atom. The summed E-state index contributed by atoms with van der Waals surface area (Å²) < 4.78 is 36.1. The van der Waals surface area contributed by atoms with Crippen LogP contribution in [0.15, 0.2) is 5.38 Å². The first-order valence-corrected chi connectivity index (χ1v) is 5.54. The Labute approximate surface area is 88.8 Å². The van der Waals surface area contributed by atoms with Crippen LogP contribution < -0.4 is 0 Å². The fourth-order valence-electron chi connectivity index (χ4n) is 1.25. The van der Waals surface area contributed by atoms with Gasteiger partial charge < -0.3 is 5.11 Å². The van der Waals surface area contributed by atoms with Crippen molar-refractivity contribution >= 4 is 11.3 Å². The van der Waals surface area contributed by atoms with E-state index in [0.717, 1.165) is 17.8 Å². The van der Waals surface area contributed by atoms with Crippen LogP contribution >= 0.6 is 11.3 Å². The highest BCUT2D eigenvalue weighted by molar-refractivity contribution is 7.09. The molecule has 0 radical (unpaired) electrons. The molecule has 1 saturated carbocycles. The maximum Gasteiger partial charge on any atom is 0.414 e. The van der Waals surface area contributed by atoms with Crippen molar-refractivity contribution in [2.75, 3.05) is 0 Å². The van der Waals surface area contributed by atoms with Crippen molar-refractivity contribution in [2.24, 2.45) is 0 Å². The van der Waals surface area contributed by atoms with Crippen LogP contribution in [-0.2, 0) is 6.42 Å². The zero-order chi connectivity index (χ0) is 11.1. The number of aliphatic hydroxyl groups is 1. The van der Waals surface area contributed by atoms with Gasteiger partial charge in [-0.2, -0.15) is 13.2 Å². The van der Waals surface area contributed by atoms with E-state index < -0.39 is 18.7 Å². The molecular formula is C9H10F3NOS. The molecule has 1 atom stereocenters. The van der Waals surface area contributed by atoms with Crippen LogP contribution in [0, 0.1) is 0 Å². The molecule has 2 nitrogen and oxygen atoms in total. The van der Waals surface area contributed by atoms with Crippen molar-refractivity contribution in [3.63, 3.8) is 0 Å². The molecule has 1 aliphatic rings. The third-order valence-corrected chi connectivity index (χ3v) is 3.33. The molecule has 0 aliphatic heterocycles. The summed E-state index contributed by atoms with van der Waals surface area (Å²) in [4.78, 5) is 4.08. The van der Waals surface area contributed by atoms with E-state index in [2.05, 4.69) is 4.98 Å². The minimum atomic E-state index is -4.55. The number of rotatable bonds is 3. The zero-order valence-electron chi connectivity index (χ0n) is 7.79. The number of alkyl halides is 3. The molecule has 1 aliphatic carbocycles. The zero-order valence-corrected chi connectivity index (χ0v) is 8.61. The molecule has 0 aromatic carbocycles. The predicted octanol–water partition coefficient (Wildman–Crippen LogP) is 2.49. The fourth-order valence-corrected chi connectivity index (χ4v) is 2.25. The van der Waals surface area contributed by atoms with Gasteiger partial charge in [-0.15, -0.1) is 11.3 Å². The van der Waals surface area contributed by atoms with Gasteiger partial charge in [-0.05, 0) is 12.8 Å². The standard InChI is InChI=1S/C9H10F3NOS/c10-9(11,12)7(14)3-6-4-15-8(13-6)5-1-2-5/h4-5,7,14H,1-3H2. The van der Waals surface area contributed by atoms with Crippen LogP contribution in [0.25, 0.3) is 0 Å². The molecule has 0 spiro atoms. The number of aliphatic hydroxyl groups excluding tert-OH is 1. The Balaban J connectivity index is 1.98. The minimum Gasteiger partial charge on any atom is -0.383 e. The van der Waals surface area contributed by atoms with Crippen LogP contribution in [0.5, 0.6) is 0 Å². The number of hydrogen-bond donors (Lipinski definition) is 1. The Bertz CT molecular complexity index is 345. The highest BCUT2D eigenvalue weighted by Gasteiger charge is 2.38. The third-order valence-electron chi connectivity index (χ3n) is 2.28. The van der Waals surface area contributed by atoms with Crippen molar-refractivity contribution in [3.05, 3.63) is 16.1 Å². The largest absolute Gasteiger partial charge is 0.414 e. The van der Waals surface area contributed by atoms with Crippen molar-refractivity contribution in [2.45, 2.75) is 37.5 Å². The lowest BCUT2D eigenvalue weighted by atomic mass is 10.2. The van der Waals surface area contributed by atoms with Gasteiger partial charge in [0.25, 0.3) is 0 Å². The summed E-state index contributed by atoms with van der Waals surface area (Å²) in [5.41, 5.74) is 0.340. The van der Waals surface area contributed by atoms with E-state index in [1.165, 1.54) is 11.3 Å². The molecule has 0 saturated heterocycles. The molecule has 84 valence electrons. The van der Waals surface area contributed by atoms with Gasteiger partial charge in [0, 0.05) is 17.7 Å². The maximum atomic E-state index is 12.0. The molecule has 1 aromatic heterocycles. The van der Waals surface area contributed by atoms with Gasteiger partial charge in [-0.25, -0.2) is 4.98 Å². The Hall–Kier alpha value is -0.620. The first-order chi connectivity index (χ1) is 6.97. The summed E-state index contributed by atoms with van der Waals surface area (Å²) in [6.07, 6.45) is -5.13. The molecule has 6 heteroatoms. The number of thiazole rings is 1. The summed E-state index contributed by atoms with van der Waals surface area (Å²) in [5, 5.41) is 11.3. The smallest absolute Gasteiger partial charge is 0.383 e. The highest BCUT2D eigenvalue weighted by Crippen LogP contribution is 2.41. The number of aromatic nitrogens is 1. The van der Waals surface area contributed by atoms with Crippen LogP contribution in [0.3, 0.4) is 0 Å². The molecule has 0 amide bonds. The highest BCUT2D eigenvalue weighted by atomic mass is 32.1. The lowest BCUT2D eigenvalue weighted by Gasteiger charge is -2.12. The van der Waals surface area contributed by atoms with Gasteiger partial charge in [0.2, 0.25) is 0 Å². The molecule has 1 fully saturated rings. The molecule has 1 aromatic rings. The number of halogens is 3. The fraction of sp³-hybridized carbons (Fsp3) is 0.667. The van der Waals surface area contributed by atoms with E-state index in [-0.39, 0.29) is 0 Å². The molecular weight excluding hydrogens is 227 g/mol. The van der Waals surface area contributed by atoms with E-state index >= 15 is 0 Å². The molecule has 0 bridgehead atoms. The Kier molecular flexibility index (Phi) is 2.72. The number of nitrogens with zero attached hydrogens (tertiary/aromatic N) is 1. The second-order valence-electron chi connectivity index (χ2n) is 3.71. The van der Waals surface area contributed by atoms with Crippen molar-refractivity contribution in [1.29, 1.82) is 0 Å². The Morgan fingerprint density at radius 2 is 2.20 bits per heavy atom. The van der Waals surface area contributed by atoms with E-state index in [1.54, 1.807) is 5.38 Å². The van der Waals surface area contributed by atoms with Crippen LogP contribution in [0.2, 0.25) is 0 Å². The normalized spacial score (nSPS) is 19.2. The SMILES string of the molecule is OC(Cc1csc(C2CC2)n1)C(F)(F)F. The van der Waals surface area contributed by atoms with Gasteiger partial charge >= 0.3 is 6.18 Å². The number of hydrogen-bond acceptors (Lipinski definition) is 3. The van der Waals surface area contributed by atoms with Gasteiger partial charge in [-0.3, -0.25) is 0 Å². The van der Waals surface area contributed by atoms with Crippen LogP contribution in [0.1, 0.15) is 29.5 Å². The topological polar surface area (TPSA) is 33.1 Å². The molecule has 15 heavy (non-hydrogen) atoms. The van der Waals surface area contributed by atoms with Crippen molar-refractivity contribution in [1.82, 2.24) is 4.98 Å². The lowest BCUT2D eigenvalue weighted by Crippen LogP contribution is -2.30. The monoisotopic (exact) mass is 237 g/mol. The molecule has 1 unspecified atom stereocenters. The summed E-state index contributed by atoms with van der Waals surface area (Å²) in [7, 11) is 0.